The van der Waals surface area contributed by atoms with Crippen molar-refractivity contribution in [3.63, 3.8) is 0 Å². The van der Waals surface area contributed by atoms with Crippen molar-refractivity contribution in [1.29, 1.82) is 0 Å². The summed E-state index contributed by atoms with van der Waals surface area (Å²) in [6.45, 7) is 8.93. The van der Waals surface area contributed by atoms with Gasteiger partial charge in [-0.05, 0) is 74.8 Å². The van der Waals surface area contributed by atoms with Crippen LogP contribution in [-0.2, 0) is 14.4 Å². The largest absolute Gasteiger partial charge is 0.341 e. The van der Waals surface area contributed by atoms with Crippen LogP contribution in [0.1, 0.15) is 67.7 Å². The molecule has 6 nitrogen and oxygen atoms in total. The SMILES string of the molecule is CC#Cc1cc(C)c(C2C(=O)CC3(CCN(C(=O)NOCC)CC3)CC2=O)c(C)c1. The topological polar surface area (TPSA) is 75.7 Å². The van der Waals surface area contributed by atoms with Crippen molar-refractivity contribution in [2.24, 2.45) is 5.41 Å². The molecule has 1 aliphatic carbocycles. The lowest BCUT2D eigenvalue weighted by Gasteiger charge is -2.44. The van der Waals surface area contributed by atoms with Gasteiger partial charge in [0, 0.05) is 31.5 Å². The quantitative estimate of drug-likeness (QED) is 0.471. The van der Waals surface area contributed by atoms with Crippen LogP contribution in [-0.4, -0.2) is 42.2 Å². The second-order valence-corrected chi connectivity index (χ2v) is 8.45. The predicted octanol–water partition coefficient (Wildman–Crippen LogP) is 3.43. The molecule has 1 aromatic carbocycles. The summed E-state index contributed by atoms with van der Waals surface area (Å²) >= 11 is 0. The fraction of sp³-hybridized carbons (Fsp3) is 0.542. The monoisotopic (exact) mass is 410 g/mol. The summed E-state index contributed by atoms with van der Waals surface area (Å²) in [7, 11) is 0. The third-order valence-electron chi connectivity index (χ3n) is 6.31. The highest BCUT2D eigenvalue weighted by atomic mass is 16.7. The number of Topliss-reactive ketones (excluding diaryl/α,β-unsaturated/α-hetero) is 2. The van der Waals surface area contributed by atoms with E-state index in [9.17, 15) is 14.4 Å². The first kappa shape index (κ1) is 22.0. The van der Waals surface area contributed by atoms with Crippen molar-refractivity contribution in [1.82, 2.24) is 10.4 Å². The van der Waals surface area contributed by atoms with Crippen LogP contribution < -0.4 is 5.48 Å². The molecule has 0 bridgehead atoms. The minimum atomic E-state index is -0.682. The number of nitrogens with one attached hydrogen (secondary N) is 1. The van der Waals surface area contributed by atoms with Gasteiger partial charge in [-0.15, -0.1) is 5.92 Å². The van der Waals surface area contributed by atoms with Crippen LogP contribution in [0.4, 0.5) is 4.79 Å². The predicted molar refractivity (Wildman–Crippen MR) is 114 cm³/mol. The van der Waals surface area contributed by atoms with Crippen LogP contribution in [0.3, 0.4) is 0 Å². The number of benzene rings is 1. The number of carbonyl (C=O) groups is 3. The Morgan fingerprint density at radius 3 is 2.23 bits per heavy atom. The van der Waals surface area contributed by atoms with Crippen molar-refractivity contribution >= 4 is 17.6 Å². The van der Waals surface area contributed by atoms with Crippen LogP contribution in [0.15, 0.2) is 12.1 Å². The van der Waals surface area contributed by atoms with Gasteiger partial charge in [0.05, 0.1) is 6.61 Å². The number of likely N-dealkylation sites (tertiary alicyclic amines) is 1. The molecule has 2 aliphatic rings. The van der Waals surface area contributed by atoms with Crippen molar-refractivity contribution in [2.75, 3.05) is 19.7 Å². The molecule has 2 amide bonds. The van der Waals surface area contributed by atoms with Crippen molar-refractivity contribution in [3.05, 3.63) is 34.4 Å². The lowest BCUT2D eigenvalue weighted by Crippen LogP contribution is -2.50. The Morgan fingerprint density at radius 1 is 1.17 bits per heavy atom. The van der Waals surface area contributed by atoms with E-state index in [-0.39, 0.29) is 23.0 Å². The van der Waals surface area contributed by atoms with Crippen LogP contribution >= 0.6 is 0 Å². The summed E-state index contributed by atoms with van der Waals surface area (Å²) in [4.78, 5) is 45.1. The highest BCUT2D eigenvalue weighted by molar-refractivity contribution is 6.10. The molecule has 1 aromatic rings. The van der Waals surface area contributed by atoms with Gasteiger partial charge in [-0.2, -0.15) is 0 Å². The number of rotatable bonds is 3. The van der Waals surface area contributed by atoms with Crippen LogP contribution in [0.2, 0.25) is 0 Å². The zero-order chi connectivity index (χ0) is 21.9. The minimum absolute atomic E-state index is 0.000932. The van der Waals surface area contributed by atoms with E-state index >= 15 is 0 Å². The number of hydrogen-bond acceptors (Lipinski definition) is 4. The fourth-order valence-corrected chi connectivity index (χ4v) is 4.89. The molecular formula is C24H30N2O4. The van der Waals surface area contributed by atoms with Gasteiger partial charge < -0.3 is 4.90 Å². The number of nitrogens with zero attached hydrogens (tertiary/aromatic N) is 1. The van der Waals surface area contributed by atoms with Crippen LogP contribution in [0.25, 0.3) is 0 Å². The standard InChI is InChI=1S/C24H30N2O4/c1-5-7-18-12-16(3)21(17(4)13-18)22-19(27)14-24(15-20(22)28)8-10-26(11-9-24)23(29)25-30-6-2/h12-13,22H,6,8-11,14-15H2,1-4H3,(H,25,29). The molecule has 6 heteroatoms. The Bertz CT molecular complexity index is 874. The molecule has 1 spiro atoms. The first-order valence-corrected chi connectivity index (χ1v) is 10.6. The van der Waals surface area contributed by atoms with Gasteiger partial charge in [0.1, 0.15) is 17.5 Å². The molecule has 0 radical (unpaired) electrons. The average Bonchev–Trinajstić information content (AvgIpc) is 2.68. The summed E-state index contributed by atoms with van der Waals surface area (Å²) in [5, 5.41) is 0. The van der Waals surface area contributed by atoms with E-state index in [0.717, 1.165) is 22.3 Å². The molecule has 30 heavy (non-hydrogen) atoms. The zero-order valence-electron chi connectivity index (χ0n) is 18.3. The molecule has 1 aliphatic heterocycles. The van der Waals surface area contributed by atoms with Gasteiger partial charge in [-0.25, -0.2) is 10.3 Å². The third-order valence-corrected chi connectivity index (χ3v) is 6.31. The second kappa shape index (κ2) is 9.01. The number of carbonyl (C=O) groups excluding carboxylic acids is 3. The molecular weight excluding hydrogens is 380 g/mol. The molecule has 1 saturated heterocycles. The van der Waals surface area contributed by atoms with Crippen molar-refractivity contribution < 1.29 is 19.2 Å². The fourth-order valence-electron chi connectivity index (χ4n) is 4.89. The Balaban J connectivity index is 1.74. The van der Waals surface area contributed by atoms with Gasteiger partial charge in [0.15, 0.2) is 0 Å². The highest BCUT2D eigenvalue weighted by Crippen LogP contribution is 2.46. The Morgan fingerprint density at radius 2 is 1.73 bits per heavy atom. The zero-order valence-corrected chi connectivity index (χ0v) is 18.3. The molecule has 160 valence electrons. The molecule has 0 unspecified atom stereocenters. The van der Waals surface area contributed by atoms with Crippen LogP contribution in [0, 0.1) is 31.1 Å². The van der Waals surface area contributed by atoms with Crippen LogP contribution in [0.5, 0.6) is 0 Å². The van der Waals surface area contributed by atoms with Gasteiger partial charge in [0.2, 0.25) is 0 Å². The van der Waals surface area contributed by atoms with E-state index in [0.29, 0.717) is 45.4 Å². The summed E-state index contributed by atoms with van der Waals surface area (Å²) in [6, 6.07) is 3.65. The van der Waals surface area contributed by atoms with Crippen molar-refractivity contribution in [3.8, 4) is 11.8 Å². The number of hydroxylamine groups is 1. The van der Waals surface area contributed by atoms with Gasteiger partial charge in [0.25, 0.3) is 0 Å². The van der Waals surface area contributed by atoms with Gasteiger partial charge in [-0.1, -0.05) is 5.92 Å². The molecule has 0 atom stereocenters. The van der Waals surface area contributed by atoms with E-state index in [1.54, 1.807) is 18.7 Å². The first-order valence-electron chi connectivity index (χ1n) is 10.6. The summed E-state index contributed by atoms with van der Waals surface area (Å²) < 4.78 is 0. The number of aryl methyl sites for hydroxylation is 2. The molecule has 1 saturated carbocycles. The first-order chi connectivity index (χ1) is 14.3. The Labute approximate surface area is 178 Å². The van der Waals surface area contributed by atoms with E-state index in [2.05, 4.69) is 17.3 Å². The maximum absolute atomic E-state index is 13.2. The van der Waals surface area contributed by atoms with Crippen molar-refractivity contribution in [2.45, 2.75) is 59.3 Å². The maximum Gasteiger partial charge on any atom is 0.341 e. The smallest absolute Gasteiger partial charge is 0.323 e. The average molecular weight is 411 g/mol. The number of hydrogen-bond donors (Lipinski definition) is 1. The number of urea groups is 1. The molecule has 3 rings (SSSR count). The molecule has 0 aromatic heterocycles. The second-order valence-electron chi connectivity index (χ2n) is 8.45. The third kappa shape index (κ3) is 4.41. The Hall–Kier alpha value is -2.65. The maximum atomic E-state index is 13.2. The lowest BCUT2D eigenvalue weighted by molar-refractivity contribution is -0.138. The van der Waals surface area contributed by atoms with Gasteiger partial charge >= 0.3 is 6.03 Å². The number of ketones is 2. The van der Waals surface area contributed by atoms with E-state index < -0.39 is 5.92 Å². The minimum Gasteiger partial charge on any atom is -0.323 e. The van der Waals surface area contributed by atoms with E-state index in [1.165, 1.54) is 0 Å². The molecule has 1 N–H and O–H groups in total. The van der Waals surface area contributed by atoms with E-state index in [4.69, 9.17) is 4.84 Å². The van der Waals surface area contributed by atoms with Gasteiger partial charge in [-0.3, -0.25) is 14.4 Å². The summed E-state index contributed by atoms with van der Waals surface area (Å²) in [5.41, 5.74) is 5.71. The van der Waals surface area contributed by atoms with E-state index in [1.807, 2.05) is 26.0 Å². The molecule has 1 heterocycles. The number of amides is 2. The summed E-state index contributed by atoms with van der Waals surface area (Å²) in [5.74, 6) is 5.26. The summed E-state index contributed by atoms with van der Waals surface area (Å²) in [6.07, 6.45) is 2.08. The normalized spacial score (nSPS) is 18.9. The number of piperidine rings is 1. The highest BCUT2D eigenvalue weighted by Gasteiger charge is 2.47. The molecule has 2 fully saturated rings. The Kier molecular flexibility index (Phi) is 6.62. The lowest BCUT2D eigenvalue weighted by atomic mass is 9.62.